The maximum absolute atomic E-state index is 12.9. The lowest BCUT2D eigenvalue weighted by Gasteiger charge is -2.35. The van der Waals surface area contributed by atoms with Crippen molar-refractivity contribution in [2.75, 3.05) is 14.2 Å². The van der Waals surface area contributed by atoms with E-state index in [0.29, 0.717) is 18.8 Å². The van der Waals surface area contributed by atoms with Crippen LogP contribution >= 0.6 is 0 Å². The highest BCUT2D eigenvalue weighted by atomic mass is 32.2. The molecule has 0 N–H and O–H groups in total. The molecule has 2 aliphatic carbocycles. The summed E-state index contributed by atoms with van der Waals surface area (Å²) >= 11 is 0. The maximum Gasteiger partial charge on any atom is 0.310 e. The van der Waals surface area contributed by atoms with Crippen LogP contribution in [0.5, 0.6) is 0 Å². The van der Waals surface area contributed by atoms with E-state index in [4.69, 9.17) is 4.74 Å². The Labute approximate surface area is 128 Å². The van der Waals surface area contributed by atoms with Crippen LogP contribution in [0.4, 0.5) is 0 Å². The summed E-state index contributed by atoms with van der Waals surface area (Å²) in [6.07, 6.45) is 5.96. The fraction of sp³-hybridized carbons (Fsp3) is 0.933. The van der Waals surface area contributed by atoms with Gasteiger partial charge < -0.3 is 4.74 Å². The predicted molar refractivity (Wildman–Crippen MR) is 81.2 cm³/mol. The van der Waals surface area contributed by atoms with Crippen LogP contribution in [0.15, 0.2) is 0 Å². The van der Waals surface area contributed by atoms with E-state index >= 15 is 0 Å². The first kappa shape index (κ1) is 16.7. The first-order valence-corrected chi connectivity index (χ1v) is 9.43. The van der Waals surface area contributed by atoms with Gasteiger partial charge in [-0.3, -0.25) is 4.79 Å². The summed E-state index contributed by atoms with van der Waals surface area (Å²) < 4.78 is 32.0. The number of carbonyl (C=O) groups excluding carboxylic acids is 1. The Kier molecular flexibility index (Phi) is 5.30. The highest BCUT2D eigenvalue weighted by molar-refractivity contribution is 7.89. The van der Waals surface area contributed by atoms with Gasteiger partial charge in [-0.1, -0.05) is 13.3 Å². The molecule has 0 aromatic heterocycles. The number of rotatable bonds is 4. The summed E-state index contributed by atoms with van der Waals surface area (Å²) in [5.74, 6) is -0.191. The monoisotopic (exact) mass is 317 g/mol. The smallest absolute Gasteiger partial charge is 0.310 e. The number of nitrogens with zero attached hydrogens (tertiary/aromatic N) is 1. The summed E-state index contributed by atoms with van der Waals surface area (Å²) in [4.78, 5) is 11.8. The quantitative estimate of drug-likeness (QED) is 0.746. The minimum absolute atomic E-state index is 0.0881. The molecule has 122 valence electrons. The van der Waals surface area contributed by atoms with Crippen molar-refractivity contribution in [3.05, 3.63) is 0 Å². The Hall–Kier alpha value is -0.620. The second-order valence-electron chi connectivity index (χ2n) is 6.57. The lowest BCUT2D eigenvalue weighted by atomic mass is 9.87. The van der Waals surface area contributed by atoms with E-state index in [1.807, 2.05) is 0 Å². The molecule has 0 aromatic carbocycles. The molecule has 2 unspecified atom stereocenters. The third-order valence-corrected chi connectivity index (χ3v) is 7.67. The van der Waals surface area contributed by atoms with Crippen LogP contribution in [0.3, 0.4) is 0 Å². The zero-order valence-electron chi connectivity index (χ0n) is 13.2. The molecule has 0 spiro atoms. The Morgan fingerprint density at radius 1 is 1.10 bits per heavy atom. The molecule has 0 saturated heterocycles. The Bertz CT molecular complexity index is 468. The van der Waals surface area contributed by atoms with Crippen LogP contribution in [-0.2, 0) is 19.6 Å². The molecule has 2 rings (SSSR count). The molecule has 0 amide bonds. The van der Waals surface area contributed by atoms with E-state index in [1.165, 1.54) is 7.11 Å². The fourth-order valence-electron chi connectivity index (χ4n) is 3.73. The predicted octanol–water partition coefficient (Wildman–Crippen LogP) is 2.17. The van der Waals surface area contributed by atoms with E-state index in [9.17, 15) is 13.2 Å². The zero-order chi connectivity index (χ0) is 15.6. The van der Waals surface area contributed by atoms with Crippen LogP contribution in [-0.4, -0.2) is 44.1 Å². The third-order valence-electron chi connectivity index (χ3n) is 5.24. The van der Waals surface area contributed by atoms with Crippen LogP contribution < -0.4 is 0 Å². The van der Waals surface area contributed by atoms with Gasteiger partial charge in [0.2, 0.25) is 10.0 Å². The van der Waals surface area contributed by atoms with Gasteiger partial charge in [-0.05, 0) is 44.4 Å². The van der Waals surface area contributed by atoms with Gasteiger partial charge in [-0.25, -0.2) is 12.7 Å². The van der Waals surface area contributed by atoms with Crippen molar-refractivity contribution in [1.29, 1.82) is 0 Å². The second kappa shape index (κ2) is 6.65. The van der Waals surface area contributed by atoms with Crippen LogP contribution in [0.2, 0.25) is 0 Å². The summed E-state index contributed by atoms with van der Waals surface area (Å²) in [6.45, 7) is 2.22. The van der Waals surface area contributed by atoms with Gasteiger partial charge in [-0.15, -0.1) is 0 Å². The fourth-order valence-corrected chi connectivity index (χ4v) is 5.91. The van der Waals surface area contributed by atoms with E-state index in [1.54, 1.807) is 11.4 Å². The van der Waals surface area contributed by atoms with Crippen molar-refractivity contribution in [3.63, 3.8) is 0 Å². The number of ether oxygens (including phenoxy) is 1. The molecule has 0 aliphatic heterocycles. The number of esters is 1. The van der Waals surface area contributed by atoms with Gasteiger partial charge >= 0.3 is 5.97 Å². The Morgan fingerprint density at radius 3 is 2.29 bits per heavy atom. The van der Waals surface area contributed by atoms with Crippen molar-refractivity contribution in [1.82, 2.24) is 4.31 Å². The lowest BCUT2D eigenvalue weighted by Crippen LogP contribution is -2.46. The van der Waals surface area contributed by atoms with Crippen molar-refractivity contribution in [3.8, 4) is 0 Å². The second-order valence-corrected chi connectivity index (χ2v) is 8.79. The van der Waals surface area contributed by atoms with Crippen molar-refractivity contribution in [2.45, 2.75) is 63.2 Å². The molecule has 2 aliphatic rings. The van der Waals surface area contributed by atoms with Crippen LogP contribution in [0, 0.1) is 11.8 Å². The first-order chi connectivity index (χ1) is 9.87. The van der Waals surface area contributed by atoms with Gasteiger partial charge in [-0.2, -0.15) is 0 Å². The van der Waals surface area contributed by atoms with Gasteiger partial charge in [0.05, 0.1) is 18.3 Å². The normalized spacial score (nSPS) is 34.1. The molecule has 2 atom stereocenters. The number of hydrogen-bond acceptors (Lipinski definition) is 4. The standard InChI is InChI=1S/C15H27NO4S/c1-11-7-9-12(10-8-11)16(2)21(18,19)14-6-4-5-13(14)15(17)20-3/h11-14H,4-10H2,1-3H3. The molecule has 2 fully saturated rings. The van der Waals surface area contributed by atoms with Crippen molar-refractivity contribution in [2.24, 2.45) is 11.8 Å². The number of carbonyl (C=O) groups is 1. The van der Waals surface area contributed by atoms with Gasteiger partial charge in [0.15, 0.2) is 0 Å². The first-order valence-electron chi connectivity index (χ1n) is 7.92. The van der Waals surface area contributed by atoms with Gasteiger partial charge in [0.25, 0.3) is 0 Å². The molecule has 5 nitrogen and oxygen atoms in total. The molecule has 0 radical (unpaired) electrons. The lowest BCUT2D eigenvalue weighted by molar-refractivity contribution is -0.145. The molecule has 0 bridgehead atoms. The van der Waals surface area contributed by atoms with Gasteiger partial charge in [0.1, 0.15) is 0 Å². The van der Waals surface area contributed by atoms with Crippen LogP contribution in [0.1, 0.15) is 51.9 Å². The summed E-state index contributed by atoms with van der Waals surface area (Å²) in [6, 6.07) is 0.0881. The molecular formula is C15H27NO4S. The minimum Gasteiger partial charge on any atom is -0.469 e. The SMILES string of the molecule is COC(=O)C1CCCC1S(=O)(=O)N(C)C1CCC(C)CC1. The van der Waals surface area contributed by atoms with E-state index < -0.39 is 21.2 Å². The summed E-state index contributed by atoms with van der Waals surface area (Å²) in [5.41, 5.74) is 0. The van der Waals surface area contributed by atoms with Gasteiger partial charge in [0, 0.05) is 13.1 Å². The largest absolute Gasteiger partial charge is 0.469 e. The number of hydrogen-bond donors (Lipinski definition) is 0. The van der Waals surface area contributed by atoms with E-state index in [-0.39, 0.29) is 12.0 Å². The topological polar surface area (TPSA) is 63.7 Å². The van der Waals surface area contributed by atoms with Crippen LogP contribution in [0.25, 0.3) is 0 Å². The minimum atomic E-state index is -3.43. The van der Waals surface area contributed by atoms with Crippen molar-refractivity contribution < 1.29 is 17.9 Å². The summed E-state index contributed by atoms with van der Waals surface area (Å²) in [5, 5.41) is -0.602. The van der Waals surface area contributed by atoms with E-state index in [2.05, 4.69) is 6.92 Å². The third kappa shape index (κ3) is 3.42. The molecule has 21 heavy (non-hydrogen) atoms. The Balaban J connectivity index is 2.11. The zero-order valence-corrected chi connectivity index (χ0v) is 14.1. The number of methoxy groups -OCH3 is 1. The Morgan fingerprint density at radius 2 is 1.71 bits per heavy atom. The van der Waals surface area contributed by atoms with Crippen molar-refractivity contribution >= 4 is 16.0 Å². The maximum atomic E-state index is 12.9. The molecule has 0 aromatic rings. The molecule has 6 heteroatoms. The number of sulfonamides is 1. The van der Waals surface area contributed by atoms with E-state index in [0.717, 1.165) is 32.1 Å². The highest BCUT2D eigenvalue weighted by Crippen LogP contribution is 2.36. The summed E-state index contributed by atoms with van der Waals surface area (Å²) in [7, 11) is -0.414. The molecule has 0 heterocycles. The average Bonchev–Trinajstić information content (AvgIpc) is 2.96. The average molecular weight is 317 g/mol. The molecular weight excluding hydrogens is 290 g/mol. The molecule has 2 saturated carbocycles. The highest BCUT2D eigenvalue weighted by Gasteiger charge is 2.45.